The number of benzene rings is 2. The summed E-state index contributed by atoms with van der Waals surface area (Å²) in [6.45, 7) is 5.86. The van der Waals surface area contributed by atoms with Gasteiger partial charge in [0.25, 0.3) is 0 Å². The van der Waals surface area contributed by atoms with Gasteiger partial charge in [-0.3, -0.25) is 0 Å². The number of aryl methyl sites for hydroxylation is 2. The van der Waals surface area contributed by atoms with Crippen molar-refractivity contribution in [2.45, 2.75) is 26.9 Å². The Morgan fingerprint density at radius 2 is 1.71 bits per heavy atom. The third-order valence-electron chi connectivity index (χ3n) is 3.78. The molecule has 0 fully saturated rings. The van der Waals surface area contributed by atoms with Gasteiger partial charge < -0.3 is 9.88 Å². The zero-order valence-corrected chi connectivity index (χ0v) is 12.9. The van der Waals surface area contributed by atoms with Gasteiger partial charge in [0.1, 0.15) is 5.82 Å². The van der Waals surface area contributed by atoms with E-state index in [9.17, 15) is 0 Å². The minimum absolute atomic E-state index is 0.777. The molecule has 0 bridgehead atoms. The molecule has 1 N–H and O–H groups in total. The molecule has 1 heterocycles. The summed E-state index contributed by atoms with van der Waals surface area (Å²) in [5, 5.41) is 3.21. The monoisotopic (exact) mass is 279 g/mol. The molecule has 3 aromatic rings. The number of aromatic nitrogens is 2. The second-order valence-corrected chi connectivity index (χ2v) is 5.62. The van der Waals surface area contributed by atoms with E-state index >= 15 is 0 Å². The molecule has 0 radical (unpaired) electrons. The summed E-state index contributed by atoms with van der Waals surface area (Å²) in [7, 11) is 1.96. The zero-order valence-electron chi connectivity index (χ0n) is 12.9. The molecular formula is C18H21N3. The van der Waals surface area contributed by atoms with Crippen molar-refractivity contribution < 1.29 is 0 Å². The van der Waals surface area contributed by atoms with Crippen LogP contribution in [0.1, 0.15) is 22.5 Å². The van der Waals surface area contributed by atoms with Gasteiger partial charge in [-0.25, -0.2) is 4.98 Å². The molecule has 3 heteroatoms. The maximum Gasteiger partial charge on any atom is 0.124 e. The van der Waals surface area contributed by atoms with E-state index in [2.05, 4.69) is 66.2 Å². The van der Waals surface area contributed by atoms with Crippen LogP contribution in [0.25, 0.3) is 11.0 Å². The highest BCUT2D eigenvalue weighted by Gasteiger charge is 2.10. The van der Waals surface area contributed by atoms with Crippen LogP contribution in [0.15, 0.2) is 42.5 Å². The predicted molar refractivity (Wildman–Crippen MR) is 87.5 cm³/mol. The van der Waals surface area contributed by atoms with E-state index in [0.717, 1.165) is 24.4 Å². The number of nitrogens with one attached hydrogen (secondary N) is 1. The van der Waals surface area contributed by atoms with Crippen LogP contribution < -0.4 is 5.32 Å². The van der Waals surface area contributed by atoms with E-state index in [-0.39, 0.29) is 0 Å². The summed E-state index contributed by atoms with van der Waals surface area (Å²) in [6, 6.07) is 15.2. The van der Waals surface area contributed by atoms with Crippen molar-refractivity contribution in [1.82, 2.24) is 14.9 Å². The van der Waals surface area contributed by atoms with Crippen LogP contribution in [0.3, 0.4) is 0 Å². The Hall–Kier alpha value is -2.13. The second kappa shape index (κ2) is 5.70. The highest BCUT2D eigenvalue weighted by molar-refractivity contribution is 5.77. The van der Waals surface area contributed by atoms with E-state index in [4.69, 9.17) is 4.98 Å². The smallest absolute Gasteiger partial charge is 0.124 e. The average Bonchev–Trinajstić information content (AvgIpc) is 2.79. The molecule has 1 aromatic heterocycles. The quantitative estimate of drug-likeness (QED) is 0.793. The fourth-order valence-corrected chi connectivity index (χ4v) is 2.64. The van der Waals surface area contributed by atoms with Gasteiger partial charge in [-0.15, -0.1) is 0 Å². The van der Waals surface area contributed by atoms with Crippen molar-refractivity contribution in [2.75, 3.05) is 7.05 Å². The van der Waals surface area contributed by atoms with Crippen LogP contribution >= 0.6 is 0 Å². The van der Waals surface area contributed by atoms with Crippen molar-refractivity contribution >= 4 is 11.0 Å². The third-order valence-corrected chi connectivity index (χ3v) is 3.78. The van der Waals surface area contributed by atoms with Crippen molar-refractivity contribution in [3.8, 4) is 0 Å². The van der Waals surface area contributed by atoms with Gasteiger partial charge in [-0.2, -0.15) is 0 Å². The normalized spacial score (nSPS) is 11.2. The van der Waals surface area contributed by atoms with Gasteiger partial charge in [0.2, 0.25) is 0 Å². The van der Waals surface area contributed by atoms with E-state index in [1.54, 1.807) is 0 Å². The fraction of sp³-hybridized carbons (Fsp3) is 0.278. The average molecular weight is 279 g/mol. The molecule has 21 heavy (non-hydrogen) atoms. The van der Waals surface area contributed by atoms with E-state index < -0.39 is 0 Å². The molecular weight excluding hydrogens is 258 g/mol. The molecule has 2 aromatic carbocycles. The van der Waals surface area contributed by atoms with Crippen LogP contribution in [0.2, 0.25) is 0 Å². The first-order valence-corrected chi connectivity index (χ1v) is 7.33. The maximum atomic E-state index is 4.78. The minimum atomic E-state index is 0.777. The van der Waals surface area contributed by atoms with Gasteiger partial charge in [0.15, 0.2) is 0 Å². The standard InChI is InChI=1S/C18H21N3/c1-13-4-7-15(8-5-13)12-21-17-9-6-14(2)10-16(17)20-18(21)11-19-3/h4-10,19H,11-12H2,1-3H3. The lowest BCUT2D eigenvalue weighted by Crippen LogP contribution is -2.13. The number of hydrogen-bond acceptors (Lipinski definition) is 2. The molecule has 0 atom stereocenters. The van der Waals surface area contributed by atoms with Gasteiger partial charge in [-0.1, -0.05) is 35.9 Å². The lowest BCUT2D eigenvalue weighted by molar-refractivity contribution is 0.685. The Bertz CT molecular complexity index is 754. The molecule has 0 aliphatic rings. The number of hydrogen-bond donors (Lipinski definition) is 1. The summed E-state index contributed by atoms with van der Waals surface area (Å²) >= 11 is 0. The maximum absolute atomic E-state index is 4.78. The van der Waals surface area contributed by atoms with Crippen LogP contribution in [0, 0.1) is 13.8 Å². The lowest BCUT2D eigenvalue weighted by atomic mass is 10.1. The highest BCUT2D eigenvalue weighted by Crippen LogP contribution is 2.19. The van der Waals surface area contributed by atoms with Gasteiger partial charge in [0.05, 0.1) is 17.6 Å². The van der Waals surface area contributed by atoms with Crippen LogP contribution in [-0.4, -0.2) is 16.6 Å². The Balaban J connectivity index is 2.06. The molecule has 3 nitrogen and oxygen atoms in total. The summed E-state index contributed by atoms with van der Waals surface area (Å²) < 4.78 is 2.30. The molecule has 0 amide bonds. The predicted octanol–water partition coefficient (Wildman–Crippen LogP) is 3.42. The summed E-state index contributed by atoms with van der Waals surface area (Å²) in [5.74, 6) is 1.08. The highest BCUT2D eigenvalue weighted by atomic mass is 15.1. The largest absolute Gasteiger partial charge is 0.322 e. The van der Waals surface area contributed by atoms with E-state index in [1.165, 1.54) is 22.2 Å². The van der Waals surface area contributed by atoms with Crippen molar-refractivity contribution in [3.63, 3.8) is 0 Å². The number of fused-ring (bicyclic) bond motifs is 1. The van der Waals surface area contributed by atoms with Gasteiger partial charge in [-0.05, 0) is 44.2 Å². The molecule has 0 unspecified atom stereocenters. The molecule has 0 aliphatic heterocycles. The SMILES string of the molecule is CNCc1nc2cc(C)ccc2n1Cc1ccc(C)cc1. The molecule has 3 rings (SSSR count). The molecule has 0 spiro atoms. The van der Waals surface area contributed by atoms with Crippen LogP contribution in [0.4, 0.5) is 0 Å². The zero-order chi connectivity index (χ0) is 14.8. The van der Waals surface area contributed by atoms with Crippen molar-refractivity contribution in [3.05, 3.63) is 65.0 Å². The summed E-state index contributed by atoms with van der Waals surface area (Å²) in [4.78, 5) is 4.78. The van der Waals surface area contributed by atoms with Crippen molar-refractivity contribution in [2.24, 2.45) is 0 Å². The Kier molecular flexibility index (Phi) is 3.76. The van der Waals surface area contributed by atoms with Crippen LogP contribution in [0.5, 0.6) is 0 Å². The first-order chi connectivity index (χ1) is 10.2. The van der Waals surface area contributed by atoms with Gasteiger partial charge in [0, 0.05) is 6.54 Å². The summed E-state index contributed by atoms with van der Waals surface area (Å²) in [5.41, 5.74) is 6.12. The fourth-order valence-electron chi connectivity index (χ4n) is 2.64. The Morgan fingerprint density at radius 1 is 1.00 bits per heavy atom. The number of nitrogens with zero attached hydrogens (tertiary/aromatic N) is 2. The third kappa shape index (κ3) is 2.83. The van der Waals surface area contributed by atoms with Crippen molar-refractivity contribution in [1.29, 1.82) is 0 Å². The Labute approximate surface area is 125 Å². The minimum Gasteiger partial charge on any atom is -0.322 e. The molecule has 0 saturated carbocycles. The molecule has 108 valence electrons. The lowest BCUT2D eigenvalue weighted by Gasteiger charge is -2.09. The van der Waals surface area contributed by atoms with E-state index in [0.29, 0.717) is 0 Å². The van der Waals surface area contributed by atoms with E-state index in [1.807, 2.05) is 7.05 Å². The Morgan fingerprint density at radius 3 is 2.43 bits per heavy atom. The molecule has 0 saturated heterocycles. The van der Waals surface area contributed by atoms with Gasteiger partial charge >= 0.3 is 0 Å². The summed E-state index contributed by atoms with van der Waals surface area (Å²) in [6.07, 6.45) is 0. The molecule has 0 aliphatic carbocycles. The first-order valence-electron chi connectivity index (χ1n) is 7.33. The number of rotatable bonds is 4. The first kappa shape index (κ1) is 13.8. The number of imidazole rings is 1. The second-order valence-electron chi connectivity index (χ2n) is 5.62. The topological polar surface area (TPSA) is 29.9 Å². The van der Waals surface area contributed by atoms with Crippen LogP contribution in [-0.2, 0) is 13.1 Å².